The van der Waals surface area contributed by atoms with Crippen LogP contribution in [0.3, 0.4) is 0 Å². The van der Waals surface area contributed by atoms with Gasteiger partial charge >= 0.3 is 0 Å². The van der Waals surface area contributed by atoms with E-state index >= 15 is 0 Å². The van der Waals surface area contributed by atoms with Crippen LogP contribution < -0.4 is 5.32 Å². The Hall–Kier alpha value is -1.60. The molecule has 0 unspecified atom stereocenters. The van der Waals surface area contributed by atoms with Crippen LogP contribution in [-0.2, 0) is 0 Å². The van der Waals surface area contributed by atoms with Gasteiger partial charge in [0.05, 0.1) is 0 Å². The minimum absolute atomic E-state index is 0.515. The molecule has 2 atom stereocenters. The molecule has 0 fully saturated rings. The number of nitrogens with one attached hydrogen (secondary N) is 1. The molecule has 1 heteroatoms. The highest BCUT2D eigenvalue weighted by molar-refractivity contribution is 5.44. The fourth-order valence-electron chi connectivity index (χ4n) is 3.15. The van der Waals surface area contributed by atoms with E-state index in [4.69, 9.17) is 0 Å². The zero-order chi connectivity index (χ0) is 13.1. The predicted octanol–water partition coefficient (Wildman–Crippen LogP) is 4.26. The summed E-state index contributed by atoms with van der Waals surface area (Å²) in [6, 6.07) is 20.3. The Morgan fingerprint density at radius 1 is 0.947 bits per heavy atom. The molecule has 0 radical (unpaired) electrons. The lowest BCUT2D eigenvalue weighted by Gasteiger charge is -2.14. The van der Waals surface area contributed by atoms with Gasteiger partial charge < -0.3 is 5.32 Å². The molecule has 1 nitrogen and oxygen atoms in total. The number of fused-ring (bicyclic) bond motifs is 1. The Bertz CT molecular complexity index is 532. The Morgan fingerprint density at radius 2 is 1.63 bits per heavy atom. The molecule has 3 rings (SSSR count). The summed E-state index contributed by atoms with van der Waals surface area (Å²) < 4.78 is 0. The molecule has 0 aliphatic heterocycles. The molecule has 2 aromatic rings. The summed E-state index contributed by atoms with van der Waals surface area (Å²) >= 11 is 0. The lowest BCUT2D eigenvalue weighted by atomic mass is 9.93. The average molecular weight is 251 g/mol. The van der Waals surface area contributed by atoms with Crippen molar-refractivity contribution in [2.45, 2.75) is 31.7 Å². The third-order valence-corrected chi connectivity index (χ3v) is 4.06. The van der Waals surface area contributed by atoms with E-state index < -0.39 is 0 Å². The van der Waals surface area contributed by atoms with Crippen molar-refractivity contribution in [2.75, 3.05) is 6.54 Å². The van der Waals surface area contributed by atoms with Crippen molar-refractivity contribution in [1.82, 2.24) is 5.32 Å². The fraction of sp³-hybridized carbons (Fsp3) is 0.333. The molecule has 1 aliphatic rings. The first-order chi connectivity index (χ1) is 9.40. The topological polar surface area (TPSA) is 12.0 Å². The molecule has 0 saturated heterocycles. The van der Waals surface area contributed by atoms with Crippen molar-refractivity contribution in [3.05, 3.63) is 71.3 Å². The SMILES string of the molecule is CCCN[C@H]1C[C@H](c2ccccc2)c2ccccc21. The van der Waals surface area contributed by atoms with Gasteiger partial charge in [-0.25, -0.2) is 0 Å². The molecule has 1 N–H and O–H groups in total. The molecule has 0 saturated carbocycles. The van der Waals surface area contributed by atoms with Crippen LogP contribution in [-0.4, -0.2) is 6.54 Å². The molecule has 2 aromatic carbocycles. The van der Waals surface area contributed by atoms with Gasteiger partial charge in [-0.2, -0.15) is 0 Å². The minimum atomic E-state index is 0.515. The number of rotatable bonds is 4. The van der Waals surface area contributed by atoms with E-state index in [1.807, 2.05) is 0 Å². The second-order valence-electron chi connectivity index (χ2n) is 5.33. The molecule has 19 heavy (non-hydrogen) atoms. The van der Waals surface area contributed by atoms with Gasteiger partial charge in [0.25, 0.3) is 0 Å². The minimum Gasteiger partial charge on any atom is -0.310 e. The average Bonchev–Trinajstić information content (AvgIpc) is 2.85. The van der Waals surface area contributed by atoms with Gasteiger partial charge in [0, 0.05) is 12.0 Å². The molecule has 0 heterocycles. The van der Waals surface area contributed by atoms with Crippen molar-refractivity contribution < 1.29 is 0 Å². The summed E-state index contributed by atoms with van der Waals surface area (Å²) in [6.07, 6.45) is 2.37. The quantitative estimate of drug-likeness (QED) is 0.856. The molecule has 0 bridgehead atoms. The first kappa shape index (κ1) is 12.4. The third kappa shape index (κ3) is 2.43. The van der Waals surface area contributed by atoms with Gasteiger partial charge in [0.2, 0.25) is 0 Å². The summed E-state index contributed by atoms with van der Waals surface area (Å²) in [5.74, 6) is 0.548. The Labute approximate surface area is 115 Å². The lowest BCUT2D eigenvalue weighted by molar-refractivity contribution is 0.513. The molecule has 1 aliphatic carbocycles. The number of hydrogen-bond donors (Lipinski definition) is 1. The standard InChI is InChI=1S/C18H21N/c1-2-12-19-18-13-17(14-8-4-3-5-9-14)15-10-6-7-11-16(15)18/h3-11,17-19H,2,12-13H2,1H3/t17-,18+/m1/s1. The smallest absolute Gasteiger partial charge is 0.0332 e. The van der Waals surface area contributed by atoms with Crippen molar-refractivity contribution in [3.8, 4) is 0 Å². The first-order valence-corrected chi connectivity index (χ1v) is 7.27. The Balaban J connectivity index is 1.92. The highest BCUT2D eigenvalue weighted by Crippen LogP contribution is 2.43. The van der Waals surface area contributed by atoms with Crippen LogP contribution in [0.5, 0.6) is 0 Å². The maximum absolute atomic E-state index is 3.69. The van der Waals surface area contributed by atoms with Crippen LogP contribution >= 0.6 is 0 Å². The van der Waals surface area contributed by atoms with E-state index in [9.17, 15) is 0 Å². The van der Waals surface area contributed by atoms with Crippen LogP contribution in [0.25, 0.3) is 0 Å². The zero-order valence-electron chi connectivity index (χ0n) is 11.5. The van der Waals surface area contributed by atoms with Crippen LogP contribution in [0.1, 0.15) is 48.4 Å². The molecule has 0 spiro atoms. The fourth-order valence-corrected chi connectivity index (χ4v) is 3.15. The predicted molar refractivity (Wildman–Crippen MR) is 80.4 cm³/mol. The summed E-state index contributed by atoms with van der Waals surface area (Å²) in [5.41, 5.74) is 4.43. The van der Waals surface area contributed by atoms with E-state index in [1.165, 1.54) is 29.5 Å². The molecule has 0 amide bonds. The molecule has 0 aromatic heterocycles. The van der Waals surface area contributed by atoms with Gasteiger partial charge in [-0.1, -0.05) is 61.5 Å². The summed E-state index contributed by atoms with van der Waals surface area (Å²) in [4.78, 5) is 0. The van der Waals surface area contributed by atoms with Gasteiger partial charge in [-0.15, -0.1) is 0 Å². The van der Waals surface area contributed by atoms with Gasteiger partial charge in [-0.05, 0) is 36.1 Å². The van der Waals surface area contributed by atoms with Crippen LogP contribution in [0, 0.1) is 0 Å². The molecule has 98 valence electrons. The first-order valence-electron chi connectivity index (χ1n) is 7.27. The summed E-state index contributed by atoms with van der Waals surface area (Å²) in [6.45, 7) is 3.32. The zero-order valence-corrected chi connectivity index (χ0v) is 11.5. The van der Waals surface area contributed by atoms with Crippen molar-refractivity contribution >= 4 is 0 Å². The summed E-state index contributed by atoms with van der Waals surface area (Å²) in [7, 11) is 0. The Morgan fingerprint density at radius 3 is 2.37 bits per heavy atom. The second kappa shape index (κ2) is 5.58. The third-order valence-electron chi connectivity index (χ3n) is 4.06. The van der Waals surface area contributed by atoms with E-state index in [0.717, 1.165) is 6.54 Å². The highest BCUT2D eigenvalue weighted by Gasteiger charge is 2.30. The van der Waals surface area contributed by atoms with Crippen molar-refractivity contribution in [3.63, 3.8) is 0 Å². The van der Waals surface area contributed by atoms with Crippen molar-refractivity contribution in [1.29, 1.82) is 0 Å². The number of hydrogen-bond acceptors (Lipinski definition) is 1. The number of benzene rings is 2. The van der Waals surface area contributed by atoms with Crippen molar-refractivity contribution in [2.24, 2.45) is 0 Å². The van der Waals surface area contributed by atoms with E-state index in [0.29, 0.717) is 12.0 Å². The largest absolute Gasteiger partial charge is 0.310 e. The maximum atomic E-state index is 3.69. The normalized spacial score (nSPS) is 21.3. The molecular weight excluding hydrogens is 230 g/mol. The lowest BCUT2D eigenvalue weighted by Crippen LogP contribution is -2.20. The Kier molecular flexibility index (Phi) is 3.65. The van der Waals surface area contributed by atoms with Crippen LogP contribution in [0.2, 0.25) is 0 Å². The van der Waals surface area contributed by atoms with Gasteiger partial charge in [-0.3, -0.25) is 0 Å². The van der Waals surface area contributed by atoms with Crippen LogP contribution in [0.15, 0.2) is 54.6 Å². The monoisotopic (exact) mass is 251 g/mol. The highest BCUT2D eigenvalue weighted by atomic mass is 14.9. The summed E-state index contributed by atoms with van der Waals surface area (Å²) in [5, 5.41) is 3.69. The van der Waals surface area contributed by atoms with Gasteiger partial charge in [0.15, 0.2) is 0 Å². The molecular formula is C18H21N. The van der Waals surface area contributed by atoms with Gasteiger partial charge in [0.1, 0.15) is 0 Å². The van der Waals surface area contributed by atoms with E-state index in [2.05, 4.69) is 66.8 Å². The second-order valence-corrected chi connectivity index (χ2v) is 5.33. The van der Waals surface area contributed by atoms with Crippen LogP contribution in [0.4, 0.5) is 0 Å². The maximum Gasteiger partial charge on any atom is 0.0332 e. The van der Waals surface area contributed by atoms with E-state index in [1.54, 1.807) is 0 Å². The van der Waals surface area contributed by atoms with E-state index in [-0.39, 0.29) is 0 Å².